The van der Waals surface area contributed by atoms with Crippen molar-refractivity contribution in [3.05, 3.63) is 65.0 Å². The van der Waals surface area contributed by atoms with Gasteiger partial charge in [0, 0.05) is 5.56 Å². The molecule has 0 unspecified atom stereocenters. The van der Waals surface area contributed by atoms with Gasteiger partial charge in [-0.05, 0) is 35.9 Å². The zero-order chi connectivity index (χ0) is 13.8. The van der Waals surface area contributed by atoms with Crippen molar-refractivity contribution in [2.75, 3.05) is 0 Å². The van der Waals surface area contributed by atoms with Gasteiger partial charge < -0.3 is 4.74 Å². The summed E-state index contributed by atoms with van der Waals surface area (Å²) in [5, 5.41) is 0. The topological polar surface area (TPSA) is 9.23 Å². The quantitative estimate of drug-likeness (QED) is 0.756. The fourth-order valence-electron chi connectivity index (χ4n) is 1.58. The summed E-state index contributed by atoms with van der Waals surface area (Å²) in [7, 11) is 0. The lowest BCUT2D eigenvalue weighted by atomic mass is 10.2. The predicted octanol–water partition coefficient (Wildman–Crippen LogP) is 4.42. The van der Waals surface area contributed by atoms with Crippen LogP contribution in [0.25, 0.3) is 0 Å². The number of alkyl halides is 1. The molecule has 0 heterocycles. The van der Waals surface area contributed by atoms with E-state index in [4.69, 9.17) is 16.3 Å². The molecule has 0 radical (unpaired) electrons. The number of hydrogen-bond donors (Lipinski definition) is 0. The minimum Gasteiger partial charge on any atom is -0.489 e. The second kappa shape index (κ2) is 5.97. The third-order valence-electron chi connectivity index (χ3n) is 2.54. The Balaban J connectivity index is 2.12. The van der Waals surface area contributed by atoms with Gasteiger partial charge in [-0.15, -0.1) is 11.6 Å². The molecule has 0 fully saturated rings. The summed E-state index contributed by atoms with van der Waals surface area (Å²) in [6, 6.07) is 7.47. The first kappa shape index (κ1) is 13.7. The molecule has 2 aromatic rings. The molecule has 0 atom stereocenters. The van der Waals surface area contributed by atoms with E-state index in [0.29, 0.717) is 16.9 Å². The highest BCUT2D eigenvalue weighted by Gasteiger charge is 2.07. The number of hydrogen-bond acceptors (Lipinski definition) is 1. The Morgan fingerprint density at radius 1 is 0.947 bits per heavy atom. The van der Waals surface area contributed by atoms with E-state index in [2.05, 4.69) is 0 Å². The van der Waals surface area contributed by atoms with Gasteiger partial charge in [0.2, 0.25) is 0 Å². The van der Waals surface area contributed by atoms with Crippen LogP contribution < -0.4 is 4.74 Å². The Labute approximate surface area is 113 Å². The van der Waals surface area contributed by atoms with Crippen molar-refractivity contribution >= 4 is 11.6 Å². The molecule has 0 saturated heterocycles. The molecule has 0 bridgehead atoms. The standard InChI is InChI=1S/C14H10ClF3O/c15-7-10-6-11(16)2-4-14(10)19-8-9-1-3-12(17)13(18)5-9/h1-6H,7-8H2. The van der Waals surface area contributed by atoms with Crippen LogP contribution >= 0.6 is 11.6 Å². The molecule has 0 N–H and O–H groups in total. The summed E-state index contributed by atoms with van der Waals surface area (Å²) in [5.41, 5.74) is 0.980. The number of rotatable bonds is 4. The Morgan fingerprint density at radius 3 is 2.42 bits per heavy atom. The van der Waals surface area contributed by atoms with Gasteiger partial charge in [0.05, 0.1) is 5.88 Å². The van der Waals surface area contributed by atoms with Crippen LogP contribution in [0.2, 0.25) is 0 Å². The fourth-order valence-corrected chi connectivity index (χ4v) is 1.79. The van der Waals surface area contributed by atoms with Crippen molar-refractivity contribution in [3.8, 4) is 5.75 Å². The summed E-state index contributed by atoms with van der Waals surface area (Å²) in [4.78, 5) is 0. The Morgan fingerprint density at radius 2 is 1.74 bits per heavy atom. The average molecular weight is 287 g/mol. The second-order valence-electron chi connectivity index (χ2n) is 3.92. The lowest BCUT2D eigenvalue weighted by Gasteiger charge is -2.10. The minimum absolute atomic E-state index is 0.0483. The smallest absolute Gasteiger partial charge is 0.159 e. The van der Waals surface area contributed by atoms with Gasteiger partial charge in [0.15, 0.2) is 11.6 Å². The zero-order valence-electron chi connectivity index (χ0n) is 9.80. The van der Waals surface area contributed by atoms with E-state index in [1.54, 1.807) is 0 Å². The molecule has 0 spiro atoms. The third-order valence-corrected chi connectivity index (χ3v) is 2.83. The van der Waals surface area contributed by atoms with Crippen LogP contribution in [0.15, 0.2) is 36.4 Å². The molecular formula is C14H10ClF3O. The van der Waals surface area contributed by atoms with Gasteiger partial charge in [0.1, 0.15) is 18.2 Å². The molecule has 0 aliphatic rings. The van der Waals surface area contributed by atoms with Crippen LogP contribution in [0, 0.1) is 17.5 Å². The lowest BCUT2D eigenvalue weighted by molar-refractivity contribution is 0.302. The van der Waals surface area contributed by atoms with Gasteiger partial charge in [-0.2, -0.15) is 0 Å². The van der Waals surface area contributed by atoms with Gasteiger partial charge in [0.25, 0.3) is 0 Å². The molecule has 2 rings (SSSR count). The number of ether oxygens (including phenoxy) is 1. The van der Waals surface area contributed by atoms with Crippen LogP contribution in [0.4, 0.5) is 13.2 Å². The van der Waals surface area contributed by atoms with Crippen LogP contribution in [-0.4, -0.2) is 0 Å². The average Bonchev–Trinajstić information content (AvgIpc) is 2.41. The second-order valence-corrected chi connectivity index (χ2v) is 4.19. The fraction of sp³-hybridized carbons (Fsp3) is 0.143. The Hall–Kier alpha value is -1.68. The third kappa shape index (κ3) is 3.41. The van der Waals surface area contributed by atoms with Crippen molar-refractivity contribution < 1.29 is 17.9 Å². The van der Waals surface area contributed by atoms with E-state index in [9.17, 15) is 13.2 Å². The molecular weight excluding hydrogens is 277 g/mol. The zero-order valence-corrected chi connectivity index (χ0v) is 10.6. The van der Waals surface area contributed by atoms with E-state index in [0.717, 1.165) is 12.1 Å². The molecule has 5 heteroatoms. The maximum atomic E-state index is 13.0. The molecule has 2 aromatic carbocycles. The van der Waals surface area contributed by atoms with Crippen LogP contribution in [0.5, 0.6) is 5.75 Å². The summed E-state index contributed by atoms with van der Waals surface area (Å²) in [6.45, 7) is 0.0483. The predicted molar refractivity (Wildman–Crippen MR) is 66.6 cm³/mol. The summed E-state index contributed by atoms with van der Waals surface area (Å²) in [5.74, 6) is -1.73. The highest BCUT2D eigenvalue weighted by molar-refractivity contribution is 6.17. The largest absolute Gasteiger partial charge is 0.489 e. The lowest BCUT2D eigenvalue weighted by Crippen LogP contribution is -1.99. The van der Waals surface area contributed by atoms with Gasteiger partial charge in [-0.1, -0.05) is 6.07 Å². The molecule has 0 saturated carbocycles. The highest BCUT2D eigenvalue weighted by atomic mass is 35.5. The first-order chi connectivity index (χ1) is 9.10. The van der Waals surface area contributed by atoms with Crippen LogP contribution in [0.1, 0.15) is 11.1 Å². The van der Waals surface area contributed by atoms with E-state index in [1.807, 2.05) is 0 Å². The van der Waals surface area contributed by atoms with Gasteiger partial charge in [-0.25, -0.2) is 13.2 Å². The molecule has 0 aliphatic carbocycles. The number of halogens is 4. The monoisotopic (exact) mass is 286 g/mol. The van der Waals surface area contributed by atoms with E-state index >= 15 is 0 Å². The first-order valence-electron chi connectivity index (χ1n) is 5.51. The maximum absolute atomic E-state index is 13.0. The van der Waals surface area contributed by atoms with Gasteiger partial charge in [-0.3, -0.25) is 0 Å². The van der Waals surface area contributed by atoms with E-state index < -0.39 is 17.5 Å². The Kier molecular flexibility index (Phi) is 4.32. The van der Waals surface area contributed by atoms with Crippen molar-refractivity contribution in [1.29, 1.82) is 0 Å². The first-order valence-corrected chi connectivity index (χ1v) is 6.04. The van der Waals surface area contributed by atoms with Gasteiger partial charge >= 0.3 is 0 Å². The molecule has 0 aromatic heterocycles. The molecule has 0 amide bonds. The molecule has 0 aliphatic heterocycles. The van der Waals surface area contributed by atoms with Crippen molar-refractivity contribution in [3.63, 3.8) is 0 Å². The van der Waals surface area contributed by atoms with Crippen molar-refractivity contribution in [2.24, 2.45) is 0 Å². The molecule has 100 valence electrons. The van der Waals surface area contributed by atoms with Crippen LogP contribution in [-0.2, 0) is 12.5 Å². The Bertz CT molecular complexity index is 587. The van der Waals surface area contributed by atoms with Crippen molar-refractivity contribution in [1.82, 2.24) is 0 Å². The van der Waals surface area contributed by atoms with E-state index in [1.165, 1.54) is 24.3 Å². The molecule has 19 heavy (non-hydrogen) atoms. The molecule has 1 nitrogen and oxygen atoms in total. The maximum Gasteiger partial charge on any atom is 0.159 e. The van der Waals surface area contributed by atoms with E-state index in [-0.39, 0.29) is 12.5 Å². The summed E-state index contributed by atoms with van der Waals surface area (Å²) >= 11 is 5.68. The summed E-state index contributed by atoms with van der Waals surface area (Å²) < 4.78 is 44.2. The highest BCUT2D eigenvalue weighted by Crippen LogP contribution is 2.23. The van der Waals surface area contributed by atoms with Crippen LogP contribution in [0.3, 0.4) is 0 Å². The number of benzene rings is 2. The van der Waals surface area contributed by atoms with Crippen molar-refractivity contribution in [2.45, 2.75) is 12.5 Å². The SMILES string of the molecule is Fc1ccc(OCc2ccc(F)c(F)c2)c(CCl)c1. The normalized spacial score (nSPS) is 10.5. The summed E-state index contributed by atoms with van der Waals surface area (Å²) in [6.07, 6.45) is 0. The minimum atomic E-state index is -0.933.